The van der Waals surface area contributed by atoms with Crippen molar-refractivity contribution in [3.8, 4) is 0 Å². The zero-order valence-corrected chi connectivity index (χ0v) is 8.64. The predicted molar refractivity (Wildman–Crippen MR) is 58.8 cm³/mol. The minimum Gasteiger partial charge on any atom is -0.369 e. The second kappa shape index (κ2) is 8.15. The predicted octanol–water partition coefficient (Wildman–Crippen LogP) is -0.131. The Labute approximate surface area is 84.6 Å². The van der Waals surface area contributed by atoms with Crippen molar-refractivity contribution in [2.45, 2.75) is 32.6 Å². The Balaban J connectivity index is 3.41. The molecular formula is C8H20N6. The first-order valence-corrected chi connectivity index (χ1v) is 4.82. The van der Waals surface area contributed by atoms with Crippen LogP contribution in [0.15, 0.2) is 4.99 Å². The summed E-state index contributed by atoms with van der Waals surface area (Å²) in [4.78, 5) is 4.04. The lowest BCUT2D eigenvalue weighted by molar-refractivity contribution is 0.672. The van der Waals surface area contributed by atoms with Crippen molar-refractivity contribution in [2.75, 3.05) is 6.54 Å². The van der Waals surface area contributed by atoms with E-state index in [0.29, 0.717) is 6.54 Å². The molecule has 0 spiro atoms. The van der Waals surface area contributed by atoms with E-state index in [9.17, 15) is 0 Å². The Morgan fingerprint density at radius 3 is 2.50 bits per heavy atom. The van der Waals surface area contributed by atoms with Gasteiger partial charge in [0.05, 0.1) is 0 Å². The fraction of sp³-hybridized carbons (Fsp3) is 0.750. The smallest absolute Gasteiger partial charge is 0.207 e. The molecule has 14 heavy (non-hydrogen) atoms. The second-order valence-electron chi connectivity index (χ2n) is 2.99. The standard InChI is InChI=1S/C8H20N6/c1-2-3-4-5-6-12-8(11)14-13-7(9)10/h2-6H2,1H3,(H4,9,10,13)(H3,11,12,14). The van der Waals surface area contributed by atoms with Crippen molar-refractivity contribution in [1.82, 2.24) is 10.9 Å². The number of nitrogens with zero attached hydrogens (tertiary/aromatic N) is 1. The molecular weight excluding hydrogens is 180 g/mol. The maximum absolute atomic E-state index is 6.85. The second-order valence-corrected chi connectivity index (χ2v) is 2.99. The normalized spacial score (nSPS) is 11.1. The zero-order chi connectivity index (χ0) is 10.8. The molecule has 0 unspecified atom stereocenters. The van der Waals surface area contributed by atoms with E-state index in [2.05, 4.69) is 22.8 Å². The first-order valence-electron chi connectivity index (χ1n) is 4.82. The number of hydrazine groups is 1. The molecule has 0 aliphatic carbocycles. The van der Waals surface area contributed by atoms with E-state index in [-0.39, 0.29) is 11.9 Å². The highest BCUT2D eigenvalue weighted by Crippen LogP contribution is 1.97. The molecule has 0 bridgehead atoms. The lowest BCUT2D eigenvalue weighted by atomic mass is 10.2. The monoisotopic (exact) mass is 200 g/mol. The van der Waals surface area contributed by atoms with Gasteiger partial charge in [-0.3, -0.25) is 21.3 Å². The Kier molecular flexibility index (Phi) is 7.30. The van der Waals surface area contributed by atoms with Crippen LogP contribution in [0.2, 0.25) is 0 Å². The van der Waals surface area contributed by atoms with Crippen LogP contribution in [-0.4, -0.2) is 18.5 Å². The molecule has 6 heteroatoms. The molecule has 0 rings (SSSR count). The average molecular weight is 200 g/mol. The third-order valence-electron chi connectivity index (χ3n) is 1.62. The first-order chi connectivity index (χ1) is 6.66. The number of hydrogen-bond acceptors (Lipinski definition) is 2. The van der Waals surface area contributed by atoms with Crippen LogP contribution in [0.3, 0.4) is 0 Å². The minimum absolute atomic E-state index is 0.186. The van der Waals surface area contributed by atoms with Crippen molar-refractivity contribution in [2.24, 2.45) is 16.5 Å². The Bertz CT molecular complexity index is 188. The molecule has 0 aromatic heterocycles. The van der Waals surface area contributed by atoms with Gasteiger partial charge in [-0.15, -0.1) is 0 Å². The van der Waals surface area contributed by atoms with Gasteiger partial charge < -0.3 is 11.5 Å². The summed E-state index contributed by atoms with van der Waals surface area (Å²) in [5.74, 6) is 0.0748. The van der Waals surface area contributed by atoms with Gasteiger partial charge in [-0.2, -0.15) is 0 Å². The number of nitrogens with one attached hydrogen (secondary N) is 3. The van der Waals surface area contributed by atoms with Gasteiger partial charge in [0.2, 0.25) is 11.9 Å². The van der Waals surface area contributed by atoms with E-state index in [1.165, 1.54) is 19.3 Å². The summed E-state index contributed by atoms with van der Waals surface area (Å²) in [5.41, 5.74) is 15.3. The van der Waals surface area contributed by atoms with Gasteiger partial charge in [0, 0.05) is 6.54 Å². The Morgan fingerprint density at radius 2 is 1.93 bits per heavy atom. The van der Waals surface area contributed by atoms with Crippen LogP contribution < -0.4 is 22.3 Å². The van der Waals surface area contributed by atoms with E-state index in [0.717, 1.165) is 6.42 Å². The number of rotatable bonds is 5. The van der Waals surface area contributed by atoms with Crippen LogP contribution in [0, 0.1) is 5.41 Å². The summed E-state index contributed by atoms with van der Waals surface area (Å²) in [6.45, 7) is 2.87. The van der Waals surface area contributed by atoms with Crippen molar-refractivity contribution in [1.29, 1.82) is 5.41 Å². The molecule has 0 saturated heterocycles. The number of aliphatic imine (C=N–C) groups is 1. The summed E-state index contributed by atoms with van der Waals surface area (Å²) in [5, 5.41) is 6.85. The number of unbranched alkanes of at least 4 members (excludes halogenated alkanes) is 3. The molecule has 0 aromatic rings. The summed E-state index contributed by atoms with van der Waals surface area (Å²) in [6.07, 6.45) is 4.65. The third-order valence-corrected chi connectivity index (χ3v) is 1.62. The summed E-state index contributed by atoms with van der Waals surface area (Å²) < 4.78 is 0. The fourth-order valence-corrected chi connectivity index (χ4v) is 0.909. The Hall–Kier alpha value is -1.46. The van der Waals surface area contributed by atoms with Crippen molar-refractivity contribution >= 4 is 11.9 Å². The van der Waals surface area contributed by atoms with Crippen LogP contribution in [0.5, 0.6) is 0 Å². The average Bonchev–Trinajstić information content (AvgIpc) is 2.14. The molecule has 0 radical (unpaired) electrons. The first kappa shape index (κ1) is 12.5. The molecule has 0 aromatic carbocycles. The number of nitrogens with two attached hydrogens (primary N) is 2. The number of hydrogen-bond donors (Lipinski definition) is 5. The van der Waals surface area contributed by atoms with Crippen LogP contribution in [0.4, 0.5) is 0 Å². The summed E-state index contributed by atoms with van der Waals surface area (Å²) in [6, 6.07) is 0. The van der Waals surface area contributed by atoms with E-state index in [1.54, 1.807) is 0 Å². The summed E-state index contributed by atoms with van der Waals surface area (Å²) in [7, 11) is 0. The highest BCUT2D eigenvalue weighted by atomic mass is 15.4. The van der Waals surface area contributed by atoms with Crippen LogP contribution in [0.1, 0.15) is 32.6 Å². The van der Waals surface area contributed by atoms with Crippen molar-refractivity contribution < 1.29 is 0 Å². The fourth-order valence-electron chi connectivity index (χ4n) is 0.909. The van der Waals surface area contributed by atoms with E-state index < -0.39 is 0 Å². The molecule has 0 fully saturated rings. The van der Waals surface area contributed by atoms with Gasteiger partial charge in [0.1, 0.15) is 0 Å². The molecule has 0 aliphatic heterocycles. The highest BCUT2D eigenvalue weighted by Gasteiger charge is 1.90. The molecule has 6 nitrogen and oxygen atoms in total. The molecule has 0 amide bonds. The van der Waals surface area contributed by atoms with Crippen LogP contribution >= 0.6 is 0 Å². The van der Waals surface area contributed by atoms with Gasteiger partial charge in [0.25, 0.3) is 0 Å². The lowest BCUT2D eigenvalue weighted by Gasteiger charge is -2.05. The molecule has 82 valence electrons. The van der Waals surface area contributed by atoms with Gasteiger partial charge >= 0.3 is 0 Å². The zero-order valence-electron chi connectivity index (χ0n) is 8.64. The van der Waals surface area contributed by atoms with Crippen molar-refractivity contribution in [3.63, 3.8) is 0 Å². The van der Waals surface area contributed by atoms with E-state index in [4.69, 9.17) is 16.9 Å². The summed E-state index contributed by atoms with van der Waals surface area (Å²) >= 11 is 0. The Morgan fingerprint density at radius 1 is 1.21 bits per heavy atom. The highest BCUT2D eigenvalue weighted by molar-refractivity contribution is 5.82. The third kappa shape index (κ3) is 8.63. The van der Waals surface area contributed by atoms with E-state index >= 15 is 0 Å². The van der Waals surface area contributed by atoms with Gasteiger partial charge in [-0.25, -0.2) is 0 Å². The van der Waals surface area contributed by atoms with Gasteiger partial charge in [-0.1, -0.05) is 26.2 Å². The van der Waals surface area contributed by atoms with E-state index in [1.807, 2.05) is 0 Å². The quantitative estimate of drug-likeness (QED) is 0.184. The van der Waals surface area contributed by atoms with Crippen LogP contribution in [-0.2, 0) is 0 Å². The lowest BCUT2D eigenvalue weighted by Crippen LogP contribution is -2.48. The number of guanidine groups is 2. The minimum atomic E-state index is -0.186. The molecule has 0 aliphatic rings. The maximum Gasteiger partial charge on any atom is 0.207 e. The maximum atomic E-state index is 6.85. The van der Waals surface area contributed by atoms with Gasteiger partial charge in [-0.05, 0) is 6.42 Å². The molecule has 0 heterocycles. The van der Waals surface area contributed by atoms with Crippen LogP contribution in [0.25, 0.3) is 0 Å². The molecule has 0 atom stereocenters. The van der Waals surface area contributed by atoms with Gasteiger partial charge in [0.15, 0.2) is 0 Å². The molecule has 0 saturated carbocycles. The van der Waals surface area contributed by atoms with Crippen molar-refractivity contribution in [3.05, 3.63) is 0 Å². The largest absolute Gasteiger partial charge is 0.369 e. The molecule has 7 N–H and O–H groups in total. The SMILES string of the molecule is CCCCCCN=C(N)NNC(=N)N. The topological polar surface area (TPSA) is 112 Å².